The molecule has 3 heteroatoms. The second-order valence-corrected chi connectivity index (χ2v) is 8.29. The molecule has 0 aromatic carbocycles. The maximum Gasteiger partial charge on any atom is 0.0700 e. The normalized spacial score (nSPS) is 33.8. The van der Waals surface area contributed by atoms with Gasteiger partial charge in [-0.05, 0) is 52.5 Å². The molecule has 2 rings (SSSR count). The van der Waals surface area contributed by atoms with E-state index in [9.17, 15) is 5.11 Å². The first kappa shape index (κ1) is 16.3. The zero-order valence-corrected chi connectivity index (χ0v) is 13.9. The van der Waals surface area contributed by atoms with Crippen LogP contribution in [0.3, 0.4) is 0 Å². The van der Waals surface area contributed by atoms with Crippen LogP contribution in [0, 0.1) is 11.8 Å². The van der Waals surface area contributed by atoms with Gasteiger partial charge in [-0.3, -0.25) is 0 Å². The number of hydrogen-bond acceptors (Lipinski definition) is 3. The Morgan fingerprint density at radius 3 is 2.75 bits per heavy atom. The Hall–Kier alpha value is -0.120. The molecule has 2 N–H and O–H groups in total. The van der Waals surface area contributed by atoms with Gasteiger partial charge in [-0.25, -0.2) is 0 Å². The summed E-state index contributed by atoms with van der Waals surface area (Å²) >= 11 is 0. The third kappa shape index (κ3) is 4.44. The lowest BCUT2D eigenvalue weighted by molar-refractivity contribution is -0.0969. The van der Waals surface area contributed by atoms with Crippen LogP contribution < -0.4 is 5.32 Å². The highest BCUT2D eigenvalue weighted by Gasteiger charge is 2.42. The van der Waals surface area contributed by atoms with Gasteiger partial charge in [-0.1, -0.05) is 19.8 Å². The van der Waals surface area contributed by atoms with Gasteiger partial charge in [0.2, 0.25) is 0 Å². The minimum Gasteiger partial charge on any atom is -0.390 e. The van der Waals surface area contributed by atoms with Crippen LogP contribution in [-0.2, 0) is 0 Å². The van der Waals surface area contributed by atoms with Crippen molar-refractivity contribution < 1.29 is 5.11 Å². The molecule has 2 fully saturated rings. The van der Waals surface area contributed by atoms with Gasteiger partial charge in [0.05, 0.1) is 5.60 Å². The van der Waals surface area contributed by atoms with E-state index in [-0.39, 0.29) is 11.1 Å². The molecule has 1 saturated heterocycles. The molecule has 1 aliphatic carbocycles. The third-order valence-electron chi connectivity index (χ3n) is 5.06. The van der Waals surface area contributed by atoms with E-state index >= 15 is 0 Å². The number of fused-ring (bicyclic) bond motifs is 1. The fraction of sp³-hybridized carbons (Fsp3) is 1.00. The summed E-state index contributed by atoms with van der Waals surface area (Å²) in [4.78, 5) is 2.58. The Balaban J connectivity index is 1.77. The van der Waals surface area contributed by atoms with Gasteiger partial charge in [0.1, 0.15) is 0 Å². The predicted octanol–water partition coefficient (Wildman–Crippen LogP) is 2.64. The molecule has 20 heavy (non-hydrogen) atoms. The fourth-order valence-electron chi connectivity index (χ4n) is 3.79. The van der Waals surface area contributed by atoms with E-state index in [0.29, 0.717) is 11.8 Å². The van der Waals surface area contributed by atoms with Gasteiger partial charge in [0.25, 0.3) is 0 Å². The fourth-order valence-corrected chi connectivity index (χ4v) is 3.79. The summed E-state index contributed by atoms with van der Waals surface area (Å²) in [7, 11) is 0. The average molecular weight is 282 g/mol. The Labute approximate surface area is 125 Å². The minimum atomic E-state index is -0.332. The maximum atomic E-state index is 10.7. The monoisotopic (exact) mass is 282 g/mol. The first-order valence-electron chi connectivity index (χ1n) is 8.48. The highest BCUT2D eigenvalue weighted by molar-refractivity contribution is 4.95. The lowest BCUT2D eigenvalue weighted by atomic mass is 9.71. The molecule has 1 aliphatic heterocycles. The van der Waals surface area contributed by atoms with Crippen molar-refractivity contribution in [3.8, 4) is 0 Å². The SMILES string of the molecule is CC(CNC(C)(C)C)CN1CCC2(O)CCCCC2C1. The van der Waals surface area contributed by atoms with E-state index in [1.807, 2.05) is 0 Å². The summed E-state index contributed by atoms with van der Waals surface area (Å²) in [5.41, 5.74) is -0.124. The number of rotatable bonds is 4. The molecule has 118 valence electrons. The largest absolute Gasteiger partial charge is 0.390 e. The Morgan fingerprint density at radius 2 is 2.05 bits per heavy atom. The van der Waals surface area contributed by atoms with Crippen LogP contribution in [0.4, 0.5) is 0 Å². The van der Waals surface area contributed by atoms with Crippen LogP contribution in [0.25, 0.3) is 0 Å². The molecule has 1 saturated carbocycles. The van der Waals surface area contributed by atoms with Crippen molar-refractivity contribution in [2.45, 2.75) is 70.9 Å². The van der Waals surface area contributed by atoms with E-state index in [2.05, 4.69) is 37.9 Å². The second kappa shape index (κ2) is 6.33. The highest BCUT2D eigenvalue weighted by atomic mass is 16.3. The van der Waals surface area contributed by atoms with Crippen molar-refractivity contribution in [3.05, 3.63) is 0 Å². The summed E-state index contributed by atoms with van der Waals surface area (Å²) in [5.74, 6) is 1.19. The number of aliphatic hydroxyl groups is 1. The van der Waals surface area contributed by atoms with E-state index < -0.39 is 0 Å². The molecule has 0 bridgehead atoms. The molecule has 0 spiro atoms. The quantitative estimate of drug-likeness (QED) is 0.832. The number of likely N-dealkylation sites (tertiary alicyclic amines) is 1. The van der Waals surface area contributed by atoms with Crippen molar-refractivity contribution in [1.29, 1.82) is 0 Å². The molecule has 3 unspecified atom stereocenters. The van der Waals surface area contributed by atoms with Crippen LogP contribution in [-0.4, -0.2) is 47.3 Å². The zero-order chi connectivity index (χ0) is 14.8. The first-order chi connectivity index (χ1) is 9.28. The summed E-state index contributed by atoms with van der Waals surface area (Å²) in [5, 5.41) is 14.3. The third-order valence-corrected chi connectivity index (χ3v) is 5.06. The number of nitrogens with one attached hydrogen (secondary N) is 1. The Morgan fingerprint density at radius 1 is 1.30 bits per heavy atom. The predicted molar refractivity (Wildman–Crippen MR) is 84.9 cm³/mol. The summed E-state index contributed by atoms with van der Waals surface area (Å²) < 4.78 is 0. The van der Waals surface area contributed by atoms with Crippen LogP contribution in [0.2, 0.25) is 0 Å². The number of hydrogen-bond donors (Lipinski definition) is 2. The lowest BCUT2D eigenvalue weighted by Gasteiger charge is -2.48. The molecular weight excluding hydrogens is 248 g/mol. The molecule has 0 aromatic rings. The van der Waals surface area contributed by atoms with Gasteiger partial charge >= 0.3 is 0 Å². The van der Waals surface area contributed by atoms with Crippen LogP contribution in [0.5, 0.6) is 0 Å². The summed E-state index contributed by atoms with van der Waals surface area (Å²) in [6, 6.07) is 0. The van der Waals surface area contributed by atoms with Gasteiger partial charge in [-0.2, -0.15) is 0 Å². The smallest absolute Gasteiger partial charge is 0.0700 e. The van der Waals surface area contributed by atoms with E-state index in [4.69, 9.17) is 0 Å². The van der Waals surface area contributed by atoms with Crippen LogP contribution in [0.1, 0.15) is 59.8 Å². The van der Waals surface area contributed by atoms with Crippen molar-refractivity contribution >= 4 is 0 Å². The standard InChI is InChI=1S/C17H34N2O/c1-14(11-18-16(2,3)4)12-19-10-9-17(20)8-6-5-7-15(17)13-19/h14-15,18,20H,5-13H2,1-4H3. The van der Waals surface area contributed by atoms with E-state index in [1.165, 1.54) is 19.3 Å². The molecule has 3 nitrogen and oxygen atoms in total. The molecule has 3 atom stereocenters. The van der Waals surface area contributed by atoms with Gasteiger partial charge in [0, 0.05) is 31.1 Å². The average Bonchev–Trinajstić information content (AvgIpc) is 2.36. The topological polar surface area (TPSA) is 35.5 Å². The molecule has 0 amide bonds. The summed E-state index contributed by atoms with van der Waals surface area (Å²) in [6.07, 6.45) is 5.77. The highest BCUT2D eigenvalue weighted by Crippen LogP contribution is 2.39. The van der Waals surface area contributed by atoms with Crippen molar-refractivity contribution in [2.24, 2.45) is 11.8 Å². The zero-order valence-electron chi connectivity index (χ0n) is 13.9. The lowest BCUT2D eigenvalue weighted by Crippen LogP contribution is -2.54. The van der Waals surface area contributed by atoms with Gasteiger partial charge in [-0.15, -0.1) is 0 Å². The second-order valence-electron chi connectivity index (χ2n) is 8.29. The number of piperidine rings is 1. The number of nitrogens with zero attached hydrogens (tertiary/aromatic N) is 1. The Kier molecular flexibility index (Phi) is 5.14. The Bertz CT molecular complexity index is 313. The van der Waals surface area contributed by atoms with Crippen molar-refractivity contribution in [1.82, 2.24) is 10.2 Å². The van der Waals surface area contributed by atoms with E-state index in [1.54, 1.807) is 0 Å². The molecule has 0 aromatic heterocycles. The van der Waals surface area contributed by atoms with Crippen LogP contribution in [0.15, 0.2) is 0 Å². The van der Waals surface area contributed by atoms with Gasteiger partial charge in [0.15, 0.2) is 0 Å². The molecule has 0 radical (unpaired) electrons. The molecule has 2 aliphatic rings. The van der Waals surface area contributed by atoms with Gasteiger partial charge < -0.3 is 15.3 Å². The van der Waals surface area contributed by atoms with E-state index in [0.717, 1.165) is 39.0 Å². The molecular formula is C17H34N2O. The van der Waals surface area contributed by atoms with Crippen molar-refractivity contribution in [2.75, 3.05) is 26.2 Å². The van der Waals surface area contributed by atoms with Crippen LogP contribution >= 0.6 is 0 Å². The minimum absolute atomic E-state index is 0.208. The molecule has 1 heterocycles. The van der Waals surface area contributed by atoms with Crippen molar-refractivity contribution in [3.63, 3.8) is 0 Å². The first-order valence-corrected chi connectivity index (χ1v) is 8.48. The maximum absolute atomic E-state index is 10.7. The summed E-state index contributed by atoms with van der Waals surface area (Å²) in [6.45, 7) is 13.4.